The lowest BCUT2D eigenvalue weighted by molar-refractivity contribution is -0.146. The maximum atomic E-state index is 12.3. The molecule has 1 aromatic carbocycles. The Balaban J connectivity index is 1.41. The lowest BCUT2D eigenvalue weighted by Gasteiger charge is -2.37. The first-order valence-corrected chi connectivity index (χ1v) is 7.48. The van der Waals surface area contributed by atoms with Crippen LogP contribution in [0.4, 0.5) is 0 Å². The van der Waals surface area contributed by atoms with E-state index in [1.165, 1.54) is 0 Å². The summed E-state index contributed by atoms with van der Waals surface area (Å²) >= 11 is 0. The molecule has 0 radical (unpaired) electrons. The molecule has 0 saturated carbocycles. The molecule has 0 spiro atoms. The minimum Gasteiger partial charge on any atom is -0.459 e. The van der Waals surface area contributed by atoms with Crippen molar-refractivity contribution in [3.63, 3.8) is 0 Å². The van der Waals surface area contributed by atoms with E-state index in [1.54, 1.807) is 0 Å². The first-order valence-electron chi connectivity index (χ1n) is 7.48. The third kappa shape index (κ3) is 2.10. The van der Waals surface area contributed by atoms with E-state index in [2.05, 4.69) is 18.5 Å². The van der Waals surface area contributed by atoms with Crippen LogP contribution in [0.3, 0.4) is 0 Å². The zero-order chi connectivity index (χ0) is 14.6. The molecule has 110 valence electrons. The second-order valence-electron chi connectivity index (χ2n) is 6.21. The van der Waals surface area contributed by atoms with E-state index in [9.17, 15) is 4.79 Å². The fourth-order valence-electron chi connectivity index (χ4n) is 3.78. The third-order valence-corrected chi connectivity index (χ3v) is 5.02. The van der Waals surface area contributed by atoms with Crippen LogP contribution in [0.25, 0.3) is 5.57 Å². The van der Waals surface area contributed by atoms with Crippen molar-refractivity contribution in [1.82, 2.24) is 4.90 Å². The summed E-state index contributed by atoms with van der Waals surface area (Å²) in [6, 6.07) is 10.3. The van der Waals surface area contributed by atoms with Crippen LogP contribution in [0.1, 0.15) is 18.4 Å². The number of piperidine rings is 1. The normalized spacial score (nSPS) is 36.9. The summed E-state index contributed by atoms with van der Waals surface area (Å²) in [6.07, 6.45) is 2.44. The number of carbonyl (C=O) groups is 1. The number of epoxide rings is 1. The van der Waals surface area contributed by atoms with Crippen LogP contribution in [0.2, 0.25) is 0 Å². The Hall–Kier alpha value is -1.65. The Kier molecular flexibility index (Phi) is 2.91. The van der Waals surface area contributed by atoms with Gasteiger partial charge in [-0.2, -0.15) is 0 Å². The number of hydrogen-bond donors (Lipinski definition) is 0. The molecule has 3 saturated heterocycles. The second-order valence-corrected chi connectivity index (χ2v) is 6.21. The molecule has 0 amide bonds. The van der Waals surface area contributed by atoms with Crippen LogP contribution >= 0.6 is 0 Å². The van der Waals surface area contributed by atoms with E-state index >= 15 is 0 Å². The van der Waals surface area contributed by atoms with Crippen LogP contribution < -0.4 is 0 Å². The maximum absolute atomic E-state index is 12.3. The highest BCUT2D eigenvalue weighted by molar-refractivity contribution is 6.15. The number of carbonyl (C=O) groups excluding carboxylic acids is 1. The summed E-state index contributed by atoms with van der Waals surface area (Å²) in [6.45, 7) is 3.87. The molecule has 4 nitrogen and oxygen atoms in total. The standard InChI is InChI=1S/C17H19NO3/c1-10(11-6-4-3-5-7-11)17(19)20-12-8-13-15-16(21-15)14(9-12)18(13)2/h3-7,12-16H,1,8-9H2,2H3/t12?,13-,14+,15+,16-. The maximum Gasteiger partial charge on any atom is 0.338 e. The van der Waals surface area contributed by atoms with Crippen molar-refractivity contribution in [3.8, 4) is 0 Å². The first kappa shape index (κ1) is 13.0. The van der Waals surface area contributed by atoms with Gasteiger partial charge >= 0.3 is 5.97 Å². The van der Waals surface area contributed by atoms with Crippen molar-refractivity contribution in [2.75, 3.05) is 7.05 Å². The van der Waals surface area contributed by atoms with Gasteiger partial charge in [0.25, 0.3) is 0 Å². The molecule has 4 rings (SSSR count). The van der Waals surface area contributed by atoms with Crippen molar-refractivity contribution in [1.29, 1.82) is 0 Å². The average Bonchev–Trinajstić information content (AvgIpc) is 3.25. The zero-order valence-electron chi connectivity index (χ0n) is 12.1. The van der Waals surface area contributed by atoms with Gasteiger partial charge in [-0.1, -0.05) is 36.9 Å². The number of fused-ring (bicyclic) bond motifs is 5. The third-order valence-electron chi connectivity index (χ3n) is 5.02. The summed E-state index contributed by atoms with van der Waals surface area (Å²) in [4.78, 5) is 14.6. The van der Waals surface area contributed by atoms with Crippen molar-refractivity contribution in [2.24, 2.45) is 0 Å². The van der Waals surface area contributed by atoms with Crippen molar-refractivity contribution < 1.29 is 14.3 Å². The molecule has 0 N–H and O–H groups in total. The van der Waals surface area contributed by atoms with Gasteiger partial charge in [0.05, 0.1) is 5.57 Å². The lowest BCUT2D eigenvalue weighted by atomic mass is 9.99. The van der Waals surface area contributed by atoms with E-state index < -0.39 is 0 Å². The molecule has 0 aromatic heterocycles. The van der Waals surface area contributed by atoms with Gasteiger partial charge in [0.15, 0.2) is 0 Å². The fraction of sp³-hybridized carbons (Fsp3) is 0.471. The van der Waals surface area contributed by atoms with Crippen LogP contribution in [0.15, 0.2) is 36.9 Å². The smallest absolute Gasteiger partial charge is 0.338 e. The van der Waals surface area contributed by atoms with Gasteiger partial charge in [-0.15, -0.1) is 0 Å². The number of nitrogens with zero attached hydrogens (tertiary/aromatic N) is 1. The van der Waals surface area contributed by atoms with E-state index in [-0.39, 0.29) is 12.1 Å². The topological polar surface area (TPSA) is 42.1 Å². The summed E-state index contributed by atoms with van der Waals surface area (Å²) in [7, 11) is 2.14. The molecule has 4 heteroatoms. The number of likely N-dealkylation sites (N-methyl/N-ethyl adjacent to an activating group) is 1. The van der Waals surface area contributed by atoms with E-state index in [0.29, 0.717) is 29.9 Å². The Labute approximate surface area is 124 Å². The lowest BCUT2D eigenvalue weighted by Crippen LogP contribution is -2.47. The van der Waals surface area contributed by atoms with Gasteiger partial charge in [-0.3, -0.25) is 4.90 Å². The van der Waals surface area contributed by atoms with Crippen LogP contribution in [-0.2, 0) is 14.3 Å². The molecule has 3 aliphatic heterocycles. The van der Waals surface area contributed by atoms with Crippen LogP contribution in [-0.4, -0.2) is 48.3 Å². The van der Waals surface area contributed by atoms with Crippen LogP contribution in [0.5, 0.6) is 0 Å². The van der Waals surface area contributed by atoms with Crippen molar-refractivity contribution in [3.05, 3.63) is 42.5 Å². The van der Waals surface area contributed by atoms with E-state index in [4.69, 9.17) is 9.47 Å². The fourth-order valence-corrected chi connectivity index (χ4v) is 3.78. The van der Waals surface area contributed by atoms with Crippen LogP contribution in [0, 0.1) is 0 Å². The largest absolute Gasteiger partial charge is 0.459 e. The van der Waals surface area contributed by atoms with Gasteiger partial charge in [0, 0.05) is 24.9 Å². The quantitative estimate of drug-likeness (QED) is 0.483. The monoisotopic (exact) mass is 285 g/mol. The average molecular weight is 285 g/mol. The highest BCUT2D eigenvalue weighted by atomic mass is 16.6. The summed E-state index contributed by atoms with van der Waals surface area (Å²) in [5.41, 5.74) is 1.26. The molecule has 0 aliphatic carbocycles. The molecule has 1 unspecified atom stereocenters. The van der Waals surface area contributed by atoms with Gasteiger partial charge < -0.3 is 9.47 Å². The molecule has 1 aromatic rings. The zero-order valence-corrected chi connectivity index (χ0v) is 12.1. The molecule has 5 atom stereocenters. The molecule has 3 heterocycles. The summed E-state index contributed by atoms with van der Waals surface area (Å²) in [5.74, 6) is -0.301. The van der Waals surface area contributed by atoms with Gasteiger partial charge in [-0.25, -0.2) is 4.79 Å². The Morgan fingerprint density at radius 3 is 2.48 bits per heavy atom. The second kappa shape index (κ2) is 4.68. The van der Waals surface area contributed by atoms with Gasteiger partial charge in [0.2, 0.25) is 0 Å². The van der Waals surface area contributed by atoms with Gasteiger partial charge in [-0.05, 0) is 12.6 Å². The minimum absolute atomic E-state index is 0.0134. The Bertz CT molecular complexity index is 567. The van der Waals surface area contributed by atoms with Crippen molar-refractivity contribution in [2.45, 2.75) is 43.2 Å². The predicted molar refractivity (Wildman–Crippen MR) is 78.6 cm³/mol. The first-order chi connectivity index (χ1) is 10.1. The number of rotatable bonds is 3. The molecular formula is C17H19NO3. The molecule has 21 heavy (non-hydrogen) atoms. The molecular weight excluding hydrogens is 266 g/mol. The minimum atomic E-state index is -0.301. The van der Waals surface area contributed by atoms with Crippen molar-refractivity contribution >= 4 is 11.5 Å². The number of esters is 1. The van der Waals surface area contributed by atoms with E-state index in [1.807, 2.05) is 30.3 Å². The van der Waals surface area contributed by atoms with Gasteiger partial charge in [0.1, 0.15) is 18.3 Å². The number of ether oxygens (including phenoxy) is 2. The molecule has 3 aliphatic rings. The molecule has 3 fully saturated rings. The summed E-state index contributed by atoms with van der Waals surface area (Å²) < 4.78 is 11.3. The predicted octanol–water partition coefficient (Wildman–Crippen LogP) is 1.86. The summed E-state index contributed by atoms with van der Waals surface area (Å²) in [5, 5.41) is 0. The molecule has 2 bridgehead atoms. The highest BCUT2D eigenvalue weighted by Gasteiger charge is 2.62. The number of benzene rings is 1. The number of hydrogen-bond acceptors (Lipinski definition) is 4. The number of morpholine rings is 1. The van der Waals surface area contributed by atoms with E-state index in [0.717, 1.165) is 18.4 Å². The SMILES string of the molecule is C=C(C(=O)OC1C[C@@H]2[C@@H]3O[C@@H]3[C@H](C1)N2C)c1ccccc1. The Morgan fingerprint density at radius 1 is 1.24 bits per heavy atom. The highest BCUT2D eigenvalue weighted by Crippen LogP contribution is 2.48. The Morgan fingerprint density at radius 2 is 1.86 bits per heavy atom.